The van der Waals surface area contributed by atoms with E-state index >= 15 is 0 Å². The van der Waals surface area contributed by atoms with Gasteiger partial charge in [-0.25, -0.2) is 9.97 Å². The van der Waals surface area contributed by atoms with Gasteiger partial charge in [0.05, 0.1) is 5.69 Å². The standard InChI is InChI=1S/C16H16N4/c1-2-12-5-3-4-6-13(12)10-20-8-7-15-14(11-20)9-18-16(17)19-15/h1,3-6,9H,7-8,10-11H2,(H2,17,18,19). The van der Waals surface area contributed by atoms with Crippen LogP contribution < -0.4 is 5.73 Å². The molecule has 2 N–H and O–H groups in total. The van der Waals surface area contributed by atoms with E-state index in [1.165, 1.54) is 5.56 Å². The maximum Gasteiger partial charge on any atom is 0.220 e. The number of nitrogens with zero attached hydrogens (tertiary/aromatic N) is 3. The van der Waals surface area contributed by atoms with Crippen molar-refractivity contribution < 1.29 is 0 Å². The topological polar surface area (TPSA) is 55.0 Å². The van der Waals surface area contributed by atoms with Gasteiger partial charge in [0.15, 0.2) is 0 Å². The zero-order valence-electron chi connectivity index (χ0n) is 11.2. The first-order chi connectivity index (χ1) is 9.76. The minimum absolute atomic E-state index is 0.356. The van der Waals surface area contributed by atoms with Crippen molar-refractivity contribution in [3.63, 3.8) is 0 Å². The number of hydrogen-bond acceptors (Lipinski definition) is 4. The first-order valence-corrected chi connectivity index (χ1v) is 6.63. The number of terminal acetylenes is 1. The number of nitrogen functional groups attached to an aromatic ring is 1. The number of anilines is 1. The smallest absolute Gasteiger partial charge is 0.220 e. The van der Waals surface area contributed by atoms with Gasteiger partial charge in [-0.3, -0.25) is 4.90 Å². The van der Waals surface area contributed by atoms with E-state index in [9.17, 15) is 0 Å². The van der Waals surface area contributed by atoms with Crippen LogP contribution in [0.2, 0.25) is 0 Å². The van der Waals surface area contributed by atoms with Gasteiger partial charge in [-0.1, -0.05) is 24.1 Å². The summed E-state index contributed by atoms with van der Waals surface area (Å²) in [6.45, 7) is 2.65. The van der Waals surface area contributed by atoms with E-state index in [2.05, 4.69) is 26.9 Å². The molecule has 0 fully saturated rings. The quantitative estimate of drug-likeness (QED) is 0.837. The van der Waals surface area contributed by atoms with Crippen LogP contribution in [-0.2, 0) is 19.5 Å². The molecule has 2 heterocycles. The van der Waals surface area contributed by atoms with Crippen molar-refractivity contribution >= 4 is 5.95 Å². The van der Waals surface area contributed by atoms with E-state index in [1.54, 1.807) is 0 Å². The number of benzene rings is 1. The summed E-state index contributed by atoms with van der Waals surface area (Å²) in [7, 11) is 0. The second kappa shape index (κ2) is 5.32. The molecule has 1 aliphatic heterocycles. The van der Waals surface area contributed by atoms with Gasteiger partial charge in [-0.05, 0) is 11.6 Å². The van der Waals surface area contributed by atoms with E-state index in [-0.39, 0.29) is 0 Å². The largest absolute Gasteiger partial charge is 0.368 e. The number of hydrogen-bond donors (Lipinski definition) is 1. The van der Waals surface area contributed by atoms with Gasteiger partial charge in [-0.15, -0.1) is 6.42 Å². The monoisotopic (exact) mass is 264 g/mol. The number of fused-ring (bicyclic) bond motifs is 1. The Morgan fingerprint density at radius 3 is 3.05 bits per heavy atom. The van der Waals surface area contributed by atoms with Crippen LogP contribution in [0.4, 0.5) is 5.95 Å². The number of rotatable bonds is 2. The molecule has 0 radical (unpaired) electrons. The molecule has 20 heavy (non-hydrogen) atoms. The van der Waals surface area contributed by atoms with Crippen LogP contribution >= 0.6 is 0 Å². The summed E-state index contributed by atoms with van der Waals surface area (Å²) >= 11 is 0. The summed E-state index contributed by atoms with van der Waals surface area (Å²) in [4.78, 5) is 10.7. The fourth-order valence-corrected chi connectivity index (χ4v) is 2.56. The Labute approximate surface area is 118 Å². The van der Waals surface area contributed by atoms with Crippen LogP contribution in [-0.4, -0.2) is 21.4 Å². The highest BCUT2D eigenvalue weighted by molar-refractivity contribution is 5.39. The first-order valence-electron chi connectivity index (χ1n) is 6.63. The minimum atomic E-state index is 0.356. The number of aromatic nitrogens is 2. The first kappa shape index (κ1) is 12.6. The molecule has 0 saturated heterocycles. The molecular weight excluding hydrogens is 248 g/mol. The lowest BCUT2D eigenvalue weighted by Crippen LogP contribution is -2.31. The van der Waals surface area contributed by atoms with Gasteiger partial charge in [0.25, 0.3) is 0 Å². The predicted octanol–water partition coefficient (Wildman–Crippen LogP) is 1.60. The Morgan fingerprint density at radius 1 is 1.35 bits per heavy atom. The van der Waals surface area contributed by atoms with E-state index in [4.69, 9.17) is 12.2 Å². The Kier molecular flexibility index (Phi) is 3.36. The van der Waals surface area contributed by atoms with E-state index in [0.29, 0.717) is 5.95 Å². The molecule has 0 amide bonds. The van der Waals surface area contributed by atoms with Gasteiger partial charge >= 0.3 is 0 Å². The zero-order chi connectivity index (χ0) is 13.9. The predicted molar refractivity (Wildman–Crippen MR) is 78.6 cm³/mol. The van der Waals surface area contributed by atoms with Gasteiger partial charge in [-0.2, -0.15) is 0 Å². The molecule has 100 valence electrons. The Hall–Kier alpha value is -2.38. The molecule has 0 saturated carbocycles. The molecule has 0 bridgehead atoms. The third-order valence-electron chi connectivity index (χ3n) is 3.60. The molecule has 4 heteroatoms. The van der Waals surface area contributed by atoms with Crippen LogP contribution in [0.15, 0.2) is 30.5 Å². The summed E-state index contributed by atoms with van der Waals surface area (Å²) < 4.78 is 0. The second-order valence-corrected chi connectivity index (χ2v) is 4.96. The van der Waals surface area contributed by atoms with Crippen molar-refractivity contribution in [3.05, 3.63) is 52.8 Å². The van der Waals surface area contributed by atoms with Crippen molar-refractivity contribution in [2.45, 2.75) is 19.5 Å². The van der Waals surface area contributed by atoms with E-state index in [0.717, 1.165) is 42.9 Å². The Bertz CT molecular complexity index is 672. The van der Waals surface area contributed by atoms with Crippen molar-refractivity contribution in [3.8, 4) is 12.3 Å². The molecular formula is C16H16N4. The normalized spacial score (nSPS) is 14.6. The Morgan fingerprint density at radius 2 is 2.20 bits per heavy atom. The lowest BCUT2D eigenvalue weighted by molar-refractivity contribution is 0.243. The van der Waals surface area contributed by atoms with Gasteiger partial charge in [0, 0.05) is 43.4 Å². The second-order valence-electron chi connectivity index (χ2n) is 4.96. The highest BCUT2D eigenvalue weighted by atomic mass is 15.1. The highest BCUT2D eigenvalue weighted by Gasteiger charge is 2.18. The molecule has 1 aromatic carbocycles. The molecule has 3 rings (SSSR count). The minimum Gasteiger partial charge on any atom is -0.368 e. The van der Waals surface area contributed by atoms with Crippen molar-refractivity contribution in [1.82, 2.24) is 14.9 Å². The van der Waals surface area contributed by atoms with Crippen molar-refractivity contribution in [2.75, 3.05) is 12.3 Å². The molecule has 2 aromatic rings. The van der Waals surface area contributed by atoms with Crippen LogP contribution in [0.25, 0.3) is 0 Å². The average Bonchev–Trinajstić information content (AvgIpc) is 2.48. The van der Waals surface area contributed by atoms with Crippen LogP contribution in [0.3, 0.4) is 0 Å². The Balaban J connectivity index is 1.78. The molecule has 1 aliphatic rings. The molecule has 1 aromatic heterocycles. The van der Waals surface area contributed by atoms with Crippen LogP contribution in [0.1, 0.15) is 22.4 Å². The van der Waals surface area contributed by atoms with Crippen LogP contribution in [0.5, 0.6) is 0 Å². The molecule has 4 nitrogen and oxygen atoms in total. The van der Waals surface area contributed by atoms with Gasteiger partial charge in [0.2, 0.25) is 5.95 Å². The van der Waals surface area contributed by atoms with Gasteiger partial charge in [0.1, 0.15) is 0 Å². The summed E-state index contributed by atoms with van der Waals surface area (Å²) in [6.07, 6.45) is 8.28. The zero-order valence-corrected chi connectivity index (χ0v) is 11.2. The maximum atomic E-state index is 5.62. The summed E-state index contributed by atoms with van der Waals surface area (Å²) in [5.41, 5.74) is 10.00. The maximum absolute atomic E-state index is 5.62. The fraction of sp³-hybridized carbons (Fsp3) is 0.250. The molecule has 0 aliphatic carbocycles. The summed E-state index contributed by atoms with van der Waals surface area (Å²) in [5, 5.41) is 0. The highest BCUT2D eigenvalue weighted by Crippen LogP contribution is 2.20. The molecule has 0 atom stereocenters. The van der Waals surface area contributed by atoms with Gasteiger partial charge < -0.3 is 5.73 Å². The third kappa shape index (κ3) is 2.49. The summed E-state index contributed by atoms with van der Waals surface area (Å²) in [5.74, 6) is 3.10. The number of nitrogens with two attached hydrogens (primary N) is 1. The third-order valence-corrected chi connectivity index (χ3v) is 3.60. The van der Waals surface area contributed by atoms with Crippen molar-refractivity contribution in [2.24, 2.45) is 0 Å². The molecule has 0 unspecified atom stereocenters. The average molecular weight is 264 g/mol. The lowest BCUT2D eigenvalue weighted by atomic mass is 10.0. The van der Waals surface area contributed by atoms with Crippen LogP contribution in [0, 0.1) is 12.3 Å². The fourth-order valence-electron chi connectivity index (χ4n) is 2.56. The summed E-state index contributed by atoms with van der Waals surface area (Å²) in [6, 6.07) is 8.07. The molecule has 0 spiro atoms. The SMILES string of the molecule is C#Cc1ccccc1CN1CCc2nc(N)ncc2C1. The van der Waals surface area contributed by atoms with E-state index in [1.807, 2.05) is 24.4 Å². The van der Waals surface area contributed by atoms with E-state index < -0.39 is 0 Å². The van der Waals surface area contributed by atoms with Crippen molar-refractivity contribution in [1.29, 1.82) is 0 Å². The lowest BCUT2D eigenvalue weighted by Gasteiger charge is -2.28.